The van der Waals surface area contributed by atoms with E-state index >= 15 is 0 Å². The lowest BCUT2D eigenvalue weighted by Crippen LogP contribution is -2.08. The van der Waals surface area contributed by atoms with E-state index in [9.17, 15) is 31.4 Å². The van der Waals surface area contributed by atoms with Crippen LogP contribution in [0.5, 0.6) is 17.4 Å². The van der Waals surface area contributed by atoms with E-state index in [4.69, 9.17) is 21.1 Å². The molecule has 0 aliphatic rings. The summed E-state index contributed by atoms with van der Waals surface area (Å²) in [5, 5.41) is 17.1. The second-order valence-electron chi connectivity index (χ2n) is 7.92. The molecule has 0 saturated heterocycles. The lowest BCUT2D eigenvalue weighted by Gasteiger charge is -2.18. The molecule has 200 valence electrons. The maximum Gasteiger partial charge on any atom is 0.432 e. The minimum Gasteiger partial charge on any atom is -0.506 e. The van der Waals surface area contributed by atoms with Crippen molar-refractivity contribution in [3.63, 3.8) is 0 Å². The third-order valence-corrected chi connectivity index (χ3v) is 5.59. The first-order valence-electron chi connectivity index (χ1n) is 10.9. The number of aromatic nitrogens is 3. The Labute approximate surface area is 216 Å². The molecule has 2 heterocycles. The van der Waals surface area contributed by atoms with E-state index in [2.05, 4.69) is 10.1 Å². The van der Waals surface area contributed by atoms with Crippen LogP contribution in [0.3, 0.4) is 0 Å². The zero-order chi connectivity index (χ0) is 27.7. The van der Waals surface area contributed by atoms with E-state index in [1.165, 1.54) is 12.1 Å². The summed E-state index contributed by atoms with van der Waals surface area (Å²) in [6.45, 7) is 1.54. The standard InChI is InChI=1S/C25H18ClF6N3O3/c1-2-37-23-17(9-14(11-33-23)24(27,28)29)21-19(38-12-13-3-5-15(26)6-4-13)8-7-16(22(21)36)18-10-20(35-34-18)25(30,31)32/h3-11,36H,2,12H2,1H3,(H,34,35). The molecular formula is C25H18ClF6N3O3. The summed E-state index contributed by atoms with van der Waals surface area (Å²) < 4.78 is 91.3. The number of aromatic hydroxyl groups is 1. The highest BCUT2D eigenvalue weighted by Crippen LogP contribution is 2.48. The van der Waals surface area contributed by atoms with E-state index in [0.717, 1.165) is 6.07 Å². The van der Waals surface area contributed by atoms with Crippen molar-refractivity contribution in [2.45, 2.75) is 25.9 Å². The van der Waals surface area contributed by atoms with Gasteiger partial charge in [0.1, 0.15) is 23.8 Å². The van der Waals surface area contributed by atoms with Gasteiger partial charge in [0.2, 0.25) is 5.88 Å². The number of aromatic amines is 1. The number of H-pyrrole nitrogens is 1. The number of pyridine rings is 1. The summed E-state index contributed by atoms with van der Waals surface area (Å²) in [7, 11) is 0. The number of nitrogens with one attached hydrogen (secondary N) is 1. The van der Waals surface area contributed by atoms with Gasteiger partial charge in [0.15, 0.2) is 0 Å². The van der Waals surface area contributed by atoms with Crippen LogP contribution in [0.25, 0.3) is 22.4 Å². The molecule has 13 heteroatoms. The predicted octanol–water partition coefficient (Wildman–Crippen LogP) is 7.51. The molecule has 4 rings (SSSR count). The minimum absolute atomic E-state index is 0.0289. The van der Waals surface area contributed by atoms with Crippen LogP contribution >= 0.6 is 11.6 Å². The molecule has 0 aliphatic heterocycles. The lowest BCUT2D eigenvalue weighted by atomic mass is 9.98. The third kappa shape index (κ3) is 5.80. The Bertz CT molecular complexity index is 1440. The van der Waals surface area contributed by atoms with E-state index in [0.29, 0.717) is 22.8 Å². The van der Waals surface area contributed by atoms with Gasteiger partial charge in [0, 0.05) is 16.8 Å². The Hall–Kier alpha value is -3.93. The first kappa shape index (κ1) is 27.1. The molecule has 0 aliphatic carbocycles. The van der Waals surface area contributed by atoms with Crippen molar-refractivity contribution in [3.8, 4) is 39.8 Å². The number of rotatable bonds is 7. The highest BCUT2D eigenvalue weighted by molar-refractivity contribution is 6.30. The number of hydrogen-bond donors (Lipinski definition) is 2. The van der Waals surface area contributed by atoms with Crippen molar-refractivity contribution in [1.82, 2.24) is 15.2 Å². The van der Waals surface area contributed by atoms with Crippen LogP contribution < -0.4 is 9.47 Å². The van der Waals surface area contributed by atoms with E-state index < -0.39 is 29.4 Å². The van der Waals surface area contributed by atoms with Gasteiger partial charge in [-0.3, -0.25) is 5.10 Å². The van der Waals surface area contributed by atoms with Gasteiger partial charge in [0.25, 0.3) is 0 Å². The van der Waals surface area contributed by atoms with Crippen molar-refractivity contribution in [2.75, 3.05) is 6.61 Å². The predicted molar refractivity (Wildman–Crippen MR) is 126 cm³/mol. The second kappa shape index (κ2) is 10.4. The molecular weight excluding hydrogens is 540 g/mol. The van der Waals surface area contributed by atoms with Crippen molar-refractivity contribution < 1.29 is 40.9 Å². The summed E-state index contributed by atoms with van der Waals surface area (Å²) in [4.78, 5) is 3.77. The number of benzene rings is 2. The zero-order valence-corrected chi connectivity index (χ0v) is 20.2. The summed E-state index contributed by atoms with van der Waals surface area (Å²) in [5.41, 5.74) is -2.69. The van der Waals surface area contributed by atoms with Gasteiger partial charge in [-0.2, -0.15) is 31.4 Å². The zero-order valence-electron chi connectivity index (χ0n) is 19.4. The minimum atomic E-state index is -4.78. The van der Waals surface area contributed by atoms with Gasteiger partial charge < -0.3 is 14.6 Å². The van der Waals surface area contributed by atoms with Gasteiger partial charge >= 0.3 is 12.4 Å². The van der Waals surface area contributed by atoms with Gasteiger partial charge in [-0.05, 0) is 48.9 Å². The molecule has 2 N–H and O–H groups in total. The van der Waals surface area contributed by atoms with Crippen LogP contribution in [0.15, 0.2) is 54.7 Å². The van der Waals surface area contributed by atoms with E-state index in [1.54, 1.807) is 31.2 Å². The molecule has 0 atom stereocenters. The average molecular weight is 558 g/mol. The van der Waals surface area contributed by atoms with Crippen molar-refractivity contribution in [1.29, 1.82) is 0 Å². The SMILES string of the molecule is CCOc1ncc(C(F)(F)F)cc1-c1c(OCc2ccc(Cl)cc2)ccc(-c2cc(C(F)(F)F)[nH]n2)c1O. The fraction of sp³-hybridized carbons (Fsp3) is 0.200. The molecule has 0 amide bonds. The van der Waals surface area contributed by atoms with Gasteiger partial charge in [-0.15, -0.1) is 0 Å². The average Bonchev–Trinajstić information content (AvgIpc) is 3.34. The fourth-order valence-electron chi connectivity index (χ4n) is 3.54. The van der Waals surface area contributed by atoms with Gasteiger partial charge in [-0.1, -0.05) is 23.7 Å². The molecule has 0 fully saturated rings. The van der Waals surface area contributed by atoms with Crippen LogP contribution in [0.2, 0.25) is 5.02 Å². The van der Waals surface area contributed by atoms with Crippen LogP contribution in [0, 0.1) is 0 Å². The van der Waals surface area contributed by atoms with Gasteiger partial charge in [-0.25, -0.2) is 4.98 Å². The van der Waals surface area contributed by atoms with Crippen LogP contribution in [-0.4, -0.2) is 26.9 Å². The smallest absolute Gasteiger partial charge is 0.432 e. The Balaban J connectivity index is 1.89. The van der Waals surface area contributed by atoms with Crippen LogP contribution in [0.1, 0.15) is 23.7 Å². The Kier molecular flexibility index (Phi) is 7.45. The molecule has 0 saturated carbocycles. The number of hydrogen-bond acceptors (Lipinski definition) is 5. The molecule has 2 aromatic heterocycles. The van der Waals surface area contributed by atoms with Crippen molar-refractivity contribution in [2.24, 2.45) is 0 Å². The topological polar surface area (TPSA) is 80.3 Å². The fourth-order valence-corrected chi connectivity index (χ4v) is 3.67. The summed E-state index contributed by atoms with van der Waals surface area (Å²) in [6.07, 6.45) is -8.95. The van der Waals surface area contributed by atoms with E-state index in [-0.39, 0.29) is 47.2 Å². The summed E-state index contributed by atoms with van der Waals surface area (Å²) >= 11 is 5.89. The summed E-state index contributed by atoms with van der Waals surface area (Å²) in [6, 6.07) is 10.5. The maximum absolute atomic E-state index is 13.6. The number of phenols is 1. The molecule has 2 aromatic carbocycles. The molecule has 0 spiro atoms. The maximum atomic E-state index is 13.6. The van der Waals surface area contributed by atoms with Crippen LogP contribution in [-0.2, 0) is 19.0 Å². The van der Waals surface area contributed by atoms with E-state index in [1.807, 2.05) is 5.10 Å². The van der Waals surface area contributed by atoms with Crippen molar-refractivity contribution >= 4 is 11.6 Å². The Morgan fingerprint density at radius 3 is 2.24 bits per heavy atom. The molecule has 4 aromatic rings. The first-order chi connectivity index (χ1) is 17.9. The van der Waals surface area contributed by atoms with Crippen molar-refractivity contribution in [3.05, 3.63) is 76.6 Å². The largest absolute Gasteiger partial charge is 0.506 e. The Morgan fingerprint density at radius 1 is 0.921 bits per heavy atom. The highest BCUT2D eigenvalue weighted by Gasteiger charge is 2.35. The number of halogens is 7. The number of ether oxygens (including phenoxy) is 2. The molecule has 0 radical (unpaired) electrons. The quantitative estimate of drug-likeness (QED) is 0.230. The lowest BCUT2D eigenvalue weighted by molar-refractivity contribution is -0.141. The number of phenolic OH excluding ortho intramolecular Hbond substituents is 1. The number of nitrogens with zero attached hydrogens (tertiary/aromatic N) is 2. The molecule has 0 unspecified atom stereocenters. The number of alkyl halides is 6. The molecule has 0 bridgehead atoms. The third-order valence-electron chi connectivity index (χ3n) is 5.34. The molecule has 38 heavy (non-hydrogen) atoms. The van der Waals surface area contributed by atoms with Gasteiger partial charge in [0.05, 0.1) is 29.0 Å². The normalized spacial score (nSPS) is 12.0. The molecule has 6 nitrogen and oxygen atoms in total. The second-order valence-corrected chi connectivity index (χ2v) is 8.36. The first-order valence-corrected chi connectivity index (χ1v) is 11.3. The van der Waals surface area contributed by atoms with Crippen LogP contribution in [0.4, 0.5) is 26.3 Å². The monoisotopic (exact) mass is 557 g/mol. The highest BCUT2D eigenvalue weighted by atomic mass is 35.5. The Morgan fingerprint density at radius 2 is 1.63 bits per heavy atom. The summed E-state index contributed by atoms with van der Waals surface area (Å²) in [5.74, 6) is -1.00.